The Bertz CT molecular complexity index is 1140. The summed E-state index contributed by atoms with van der Waals surface area (Å²) >= 11 is 0. The van der Waals surface area contributed by atoms with Crippen LogP contribution < -0.4 is 15.5 Å². The van der Waals surface area contributed by atoms with Gasteiger partial charge in [-0.1, -0.05) is 24.3 Å². The molecule has 3 aromatic rings. The molecule has 33 heavy (non-hydrogen) atoms. The molecule has 174 valence electrons. The van der Waals surface area contributed by atoms with Gasteiger partial charge in [0.25, 0.3) is 0 Å². The smallest absolute Gasteiger partial charge is 0.242 e. The van der Waals surface area contributed by atoms with Crippen molar-refractivity contribution >= 4 is 16.8 Å². The zero-order valence-electron chi connectivity index (χ0n) is 18.9. The van der Waals surface area contributed by atoms with Crippen LogP contribution in [0.5, 0.6) is 5.75 Å². The van der Waals surface area contributed by atoms with Gasteiger partial charge >= 0.3 is 0 Å². The molecule has 0 aliphatic carbocycles. The maximum Gasteiger partial charge on any atom is 0.242 e. The van der Waals surface area contributed by atoms with E-state index in [1.54, 1.807) is 22.9 Å². The van der Waals surface area contributed by atoms with E-state index in [0.29, 0.717) is 30.1 Å². The predicted octanol–water partition coefficient (Wildman–Crippen LogP) is 2.20. The number of hydrogen-bond donors (Lipinski definition) is 1. The Labute approximate surface area is 193 Å². The molecule has 8 nitrogen and oxygen atoms in total. The minimum Gasteiger partial charge on any atom is -0.492 e. The molecular formula is C25H30N4O4. The van der Waals surface area contributed by atoms with Crippen molar-refractivity contribution in [1.82, 2.24) is 20.0 Å². The molecule has 2 heterocycles. The summed E-state index contributed by atoms with van der Waals surface area (Å²) in [6.45, 7) is 3.54. The van der Waals surface area contributed by atoms with Crippen molar-refractivity contribution in [2.75, 3.05) is 33.4 Å². The number of benzene rings is 2. The SMILES string of the molecule is CN(CCOc1cccc(CNC(=O)Cn2ncc(=O)c3ccccc32)c1)C1CCOCC1. The first-order chi connectivity index (χ1) is 16.1. The molecule has 0 bridgehead atoms. The van der Waals surface area contributed by atoms with Crippen LogP contribution in [0.25, 0.3) is 10.9 Å². The van der Waals surface area contributed by atoms with E-state index in [1.807, 2.05) is 30.3 Å². The molecule has 1 aliphatic rings. The quantitative estimate of drug-likeness (QED) is 0.538. The van der Waals surface area contributed by atoms with Gasteiger partial charge in [0.1, 0.15) is 18.9 Å². The van der Waals surface area contributed by atoms with Gasteiger partial charge in [-0.05, 0) is 49.7 Å². The molecule has 0 saturated carbocycles. The largest absolute Gasteiger partial charge is 0.492 e. The van der Waals surface area contributed by atoms with Crippen molar-refractivity contribution in [1.29, 1.82) is 0 Å². The van der Waals surface area contributed by atoms with Crippen LogP contribution in [0.1, 0.15) is 18.4 Å². The number of nitrogens with one attached hydrogen (secondary N) is 1. The van der Waals surface area contributed by atoms with Crippen LogP contribution in [0.2, 0.25) is 0 Å². The van der Waals surface area contributed by atoms with Crippen LogP contribution in [0.4, 0.5) is 0 Å². The molecule has 1 aromatic heterocycles. The zero-order chi connectivity index (χ0) is 23.0. The first kappa shape index (κ1) is 22.9. The molecule has 0 radical (unpaired) electrons. The van der Waals surface area contributed by atoms with Crippen molar-refractivity contribution in [3.05, 3.63) is 70.5 Å². The summed E-state index contributed by atoms with van der Waals surface area (Å²) in [4.78, 5) is 26.8. The van der Waals surface area contributed by atoms with E-state index in [4.69, 9.17) is 9.47 Å². The minimum atomic E-state index is -0.180. The van der Waals surface area contributed by atoms with Crippen LogP contribution >= 0.6 is 0 Å². The second kappa shape index (κ2) is 11.1. The summed E-state index contributed by atoms with van der Waals surface area (Å²) in [6.07, 6.45) is 3.38. The highest BCUT2D eigenvalue weighted by Gasteiger charge is 2.18. The first-order valence-electron chi connectivity index (χ1n) is 11.3. The maximum absolute atomic E-state index is 12.5. The average Bonchev–Trinajstić information content (AvgIpc) is 2.85. The van der Waals surface area contributed by atoms with Crippen molar-refractivity contribution in [3.8, 4) is 5.75 Å². The van der Waals surface area contributed by atoms with Gasteiger partial charge in [-0.25, -0.2) is 0 Å². The summed E-state index contributed by atoms with van der Waals surface area (Å²) in [5, 5.41) is 7.58. The number of amides is 1. The number of para-hydroxylation sites is 1. The third kappa shape index (κ3) is 6.18. The third-order valence-electron chi connectivity index (χ3n) is 5.97. The Hall–Kier alpha value is -3.23. The number of ether oxygens (including phenoxy) is 2. The summed E-state index contributed by atoms with van der Waals surface area (Å²) < 4.78 is 12.9. The molecule has 8 heteroatoms. The topological polar surface area (TPSA) is 85.7 Å². The summed E-state index contributed by atoms with van der Waals surface area (Å²) in [7, 11) is 2.13. The normalized spacial score (nSPS) is 14.5. The van der Waals surface area contributed by atoms with Crippen LogP contribution in [-0.4, -0.2) is 60.0 Å². The van der Waals surface area contributed by atoms with E-state index in [-0.39, 0.29) is 17.9 Å². The fourth-order valence-corrected chi connectivity index (χ4v) is 4.04. The molecule has 1 N–H and O–H groups in total. The molecule has 1 saturated heterocycles. The number of aromatic nitrogens is 2. The highest BCUT2D eigenvalue weighted by Crippen LogP contribution is 2.15. The van der Waals surface area contributed by atoms with Crippen LogP contribution in [-0.2, 0) is 22.6 Å². The van der Waals surface area contributed by atoms with E-state index in [1.165, 1.54) is 6.20 Å². The lowest BCUT2D eigenvalue weighted by Crippen LogP contribution is -2.38. The lowest BCUT2D eigenvalue weighted by Gasteiger charge is -2.31. The molecule has 0 spiro atoms. The van der Waals surface area contributed by atoms with E-state index >= 15 is 0 Å². The number of carbonyl (C=O) groups is 1. The average molecular weight is 451 g/mol. The third-order valence-corrected chi connectivity index (χ3v) is 5.97. The van der Waals surface area contributed by atoms with E-state index < -0.39 is 0 Å². The Morgan fingerprint density at radius 1 is 1.21 bits per heavy atom. The van der Waals surface area contributed by atoms with Gasteiger partial charge in [0, 0.05) is 37.7 Å². The molecule has 1 aliphatic heterocycles. The maximum atomic E-state index is 12.5. The number of carbonyl (C=O) groups excluding carboxylic acids is 1. The second-order valence-corrected chi connectivity index (χ2v) is 8.28. The van der Waals surface area contributed by atoms with Crippen molar-refractivity contribution in [2.45, 2.75) is 32.0 Å². The predicted molar refractivity (Wildman–Crippen MR) is 126 cm³/mol. The van der Waals surface area contributed by atoms with E-state index in [9.17, 15) is 9.59 Å². The van der Waals surface area contributed by atoms with E-state index in [0.717, 1.165) is 43.9 Å². The van der Waals surface area contributed by atoms with E-state index in [2.05, 4.69) is 22.4 Å². The van der Waals surface area contributed by atoms with Crippen LogP contribution in [0.15, 0.2) is 59.5 Å². The second-order valence-electron chi connectivity index (χ2n) is 8.28. The Balaban J connectivity index is 1.27. The fourth-order valence-electron chi connectivity index (χ4n) is 4.04. The summed E-state index contributed by atoms with van der Waals surface area (Å²) in [5.74, 6) is 0.607. The van der Waals surface area contributed by atoms with Gasteiger partial charge in [0.15, 0.2) is 0 Å². The van der Waals surface area contributed by atoms with Gasteiger partial charge in [-0.15, -0.1) is 0 Å². The van der Waals surface area contributed by atoms with Gasteiger partial charge in [-0.3, -0.25) is 19.2 Å². The lowest BCUT2D eigenvalue weighted by molar-refractivity contribution is -0.121. The molecule has 0 unspecified atom stereocenters. The summed E-state index contributed by atoms with van der Waals surface area (Å²) in [5.41, 5.74) is 1.44. The standard InChI is InChI=1S/C25H30N4O4/c1-28(20-9-12-32-13-10-20)11-14-33-21-6-4-5-19(15-21)16-26-25(31)18-29-23-8-3-2-7-22(23)24(30)17-27-29/h2-8,15,17,20H,9-14,16,18H2,1H3,(H,26,31). The van der Waals surface area contributed by atoms with Gasteiger partial charge in [0.2, 0.25) is 11.3 Å². The Kier molecular flexibility index (Phi) is 7.70. The first-order valence-corrected chi connectivity index (χ1v) is 11.3. The number of likely N-dealkylation sites (N-methyl/N-ethyl adjacent to an activating group) is 1. The molecule has 2 aromatic carbocycles. The Morgan fingerprint density at radius 2 is 2.03 bits per heavy atom. The zero-order valence-corrected chi connectivity index (χ0v) is 18.9. The number of fused-ring (bicyclic) bond motifs is 1. The van der Waals surface area contributed by atoms with Crippen LogP contribution in [0.3, 0.4) is 0 Å². The highest BCUT2D eigenvalue weighted by molar-refractivity contribution is 5.81. The fraction of sp³-hybridized carbons (Fsp3) is 0.400. The molecule has 0 atom stereocenters. The van der Waals surface area contributed by atoms with Crippen molar-refractivity contribution in [3.63, 3.8) is 0 Å². The monoisotopic (exact) mass is 450 g/mol. The number of nitrogens with zero attached hydrogens (tertiary/aromatic N) is 3. The van der Waals surface area contributed by atoms with Crippen molar-refractivity contribution in [2.24, 2.45) is 0 Å². The van der Waals surface area contributed by atoms with Crippen LogP contribution in [0, 0.1) is 0 Å². The van der Waals surface area contributed by atoms with Gasteiger partial charge < -0.3 is 14.8 Å². The van der Waals surface area contributed by atoms with Gasteiger partial charge in [0.05, 0.1) is 11.7 Å². The number of rotatable bonds is 9. The minimum absolute atomic E-state index is 0.0372. The molecular weight excluding hydrogens is 420 g/mol. The summed E-state index contributed by atoms with van der Waals surface area (Å²) in [6, 6.07) is 15.5. The van der Waals surface area contributed by atoms with Gasteiger partial charge in [-0.2, -0.15) is 5.10 Å². The molecule has 1 fully saturated rings. The van der Waals surface area contributed by atoms with Crippen molar-refractivity contribution < 1.29 is 14.3 Å². The lowest BCUT2D eigenvalue weighted by atomic mass is 10.1. The molecule has 1 amide bonds. The number of hydrogen-bond acceptors (Lipinski definition) is 6. The molecule has 4 rings (SSSR count). The Morgan fingerprint density at radius 3 is 2.88 bits per heavy atom. The highest BCUT2D eigenvalue weighted by atomic mass is 16.5.